The van der Waals surface area contributed by atoms with E-state index in [1.165, 1.54) is 24.2 Å². The molecular formula is C34H42N4O4S. The lowest BCUT2D eigenvalue weighted by atomic mass is 9.52. The van der Waals surface area contributed by atoms with Crippen molar-refractivity contribution in [1.82, 2.24) is 14.9 Å². The molecule has 9 rings (SSSR count). The number of aromatic nitrogens is 3. The quantitative estimate of drug-likeness (QED) is 0.301. The highest BCUT2D eigenvalue weighted by Gasteiger charge is 2.52. The van der Waals surface area contributed by atoms with Gasteiger partial charge in [-0.05, 0) is 101 Å². The first-order valence-electron chi connectivity index (χ1n) is 16.3. The van der Waals surface area contributed by atoms with E-state index in [1.807, 2.05) is 29.2 Å². The van der Waals surface area contributed by atoms with Crippen molar-refractivity contribution in [2.75, 3.05) is 23.0 Å². The average molecular weight is 603 g/mol. The number of aryl methyl sites for hydroxylation is 1. The Bertz CT molecular complexity index is 1630. The number of carbonyl (C=O) groups excluding carboxylic acids is 1. The van der Waals surface area contributed by atoms with Crippen molar-refractivity contribution in [2.24, 2.45) is 18.4 Å². The van der Waals surface area contributed by atoms with Gasteiger partial charge in [-0.15, -0.1) is 0 Å². The van der Waals surface area contributed by atoms with Gasteiger partial charge >= 0.3 is 0 Å². The zero-order chi connectivity index (χ0) is 29.4. The summed E-state index contributed by atoms with van der Waals surface area (Å²) < 4.78 is 32.3. The molecule has 0 radical (unpaired) electrons. The zero-order valence-electron chi connectivity index (χ0n) is 25.1. The Balaban J connectivity index is 1.07. The third kappa shape index (κ3) is 5.15. The van der Waals surface area contributed by atoms with Crippen molar-refractivity contribution in [1.29, 1.82) is 0 Å². The van der Waals surface area contributed by atoms with Crippen LogP contribution in [0.1, 0.15) is 106 Å². The van der Waals surface area contributed by atoms with E-state index in [9.17, 15) is 13.2 Å². The molecule has 1 saturated heterocycles. The topological polar surface area (TPSA) is 98.3 Å². The van der Waals surface area contributed by atoms with Gasteiger partial charge in [-0.1, -0.05) is 17.3 Å². The van der Waals surface area contributed by atoms with E-state index in [0.717, 1.165) is 74.1 Å². The van der Waals surface area contributed by atoms with E-state index in [-0.39, 0.29) is 34.2 Å². The second-order valence-electron chi connectivity index (χ2n) is 14.4. The SMILES string of the molecule is Cn1nc(C2CC2)cc1C12CCC(CN(C(=O)C3CCS(=O)(=O)CC3)c3cccc(-c4cc(C5CC5)no4)c3)(CC1)CC2. The molecule has 2 aromatic heterocycles. The lowest BCUT2D eigenvalue weighted by Gasteiger charge is -2.54. The van der Waals surface area contributed by atoms with E-state index < -0.39 is 9.84 Å². The van der Waals surface area contributed by atoms with Crippen LogP contribution in [0, 0.1) is 11.3 Å². The van der Waals surface area contributed by atoms with E-state index >= 15 is 0 Å². The number of sulfone groups is 1. The van der Waals surface area contributed by atoms with Crippen LogP contribution in [0.3, 0.4) is 0 Å². The average Bonchev–Trinajstić information content (AvgIpc) is 3.96. The number of rotatable bonds is 8. The molecule has 9 heteroatoms. The molecule has 43 heavy (non-hydrogen) atoms. The first-order chi connectivity index (χ1) is 20.7. The molecular weight excluding hydrogens is 560 g/mol. The molecule has 0 spiro atoms. The van der Waals surface area contributed by atoms with Crippen molar-refractivity contribution in [3.63, 3.8) is 0 Å². The largest absolute Gasteiger partial charge is 0.356 e. The molecule has 8 nitrogen and oxygen atoms in total. The Morgan fingerprint density at radius 3 is 2.28 bits per heavy atom. The van der Waals surface area contributed by atoms with Gasteiger partial charge < -0.3 is 9.42 Å². The van der Waals surface area contributed by atoms with E-state index in [4.69, 9.17) is 9.62 Å². The molecule has 6 aliphatic rings. The van der Waals surface area contributed by atoms with Crippen LogP contribution in [-0.4, -0.2) is 47.3 Å². The van der Waals surface area contributed by atoms with E-state index in [1.54, 1.807) is 0 Å². The standard InChI is InChI=1S/C34H42N4O4S/c1-37-31(21-28(35-37)23-5-6-23)34-14-11-33(12-15-34,13-16-34)22-38(32(39)25-9-17-43(40,41)18-10-25)27-4-2-3-26(19-27)30-20-29(36-42-30)24-7-8-24/h2-4,19-21,23-25H,5-18,22H2,1H3. The first-order valence-corrected chi connectivity index (χ1v) is 18.2. The Morgan fingerprint density at radius 2 is 1.60 bits per heavy atom. The second-order valence-corrected chi connectivity index (χ2v) is 16.7. The minimum absolute atomic E-state index is 0.0669. The molecule has 1 aliphatic heterocycles. The van der Waals surface area contributed by atoms with Gasteiger partial charge in [0.1, 0.15) is 9.84 Å². The summed E-state index contributed by atoms with van der Waals surface area (Å²) in [6, 6.07) is 12.6. The van der Waals surface area contributed by atoms with Gasteiger partial charge in [-0.2, -0.15) is 5.10 Å². The van der Waals surface area contributed by atoms with Crippen molar-refractivity contribution >= 4 is 21.4 Å². The fourth-order valence-electron chi connectivity index (χ4n) is 8.26. The maximum absolute atomic E-state index is 14.3. The molecule has 1 aromatic carbocycles. The molecule has 0 N–H and O–H groups in total. The highest BCUT2D eigenvalue weighted by molar-refractivity contribution is 7.91. The number of anilines is 1. The predicted octanol–water partition coefficient (Wildman–Crippen LogP) is 6.28. The Kier molecular flexibility index (Phi) is 6.45. The lowest BCUT2D eigenvalue weighted by molar-refractivity contribution is -0.123. The van der Waals surface area contributed by atoms with Gasteiger partial charge in [0.25, 0.3) is 0 Å². The van der Waals surface area contributed by atoms with E-state index in [2.05, 4.69) is 29.0 Å². The van der Waals surface area contributed by atoms with Gasteiger partial charge in [0, 0.05) is 59.8 Å². The Labute approximate surface area is 254 Å². The molecule has 3 aromatic rings. The van der Waals surface area contributed by atoms with Gasteiger partial charge in [0.05, 0.1) is 22.9 Å². The van der Waals surface area contributed by atoms with Gasteiger partial charge in [0.15, 0.2) is 5.76 Å². The molecule has 228 valence electrons. The Morgan fingerprint density at radius 1 is 0.930 bits per heavy atom. The minimum Gasteiger partial charge on any atom is -0.356 e. The second kappa shape index (κ2) is 10.0. The molecule has 6 fully saturated rings. The number of amides is 1. The van der Waals surface area contributed by atoms with E-state index in [0.29, 0.717) is 31.2 Å². The first kappa shape index (κ1) is 27.6. The summed E-state index contributed by atoms with van der Waals surface area (Å²) >= 11 is 0. The highest BCUT2D eigenvalue weighted by atomic mass is 32.2. The van der Waals surface area contributed by atoms with Crippen LogP contribution in [-0.2, 0) is 27.1 Å². The number of fused-ring (bicyclic) bond motifs is 3. The maximum Gasteiger partial charge on any atom is 0.230 e. The van der Waals surface area contributed by atoms with Crippen LogP contribution >= 0.6 is 0 Å². The van der Waals surface area contributed by atoms with Crippen LogP contribution in [0.4, 0.5) is 5.69 Å². The Hall–Kier alpha value is -2.94. The summed E-state index contributed by atoms with van der Waals surface area (Å²) in [4.78, 5) is 16.3. The maximum atomic E-state index is 14.3. The van der Waals surface area contributed by atoms with Gasteiger partial charge in [0.2, 0.25) is 5.91 Å². The number of hydrogen-bond donors (Lipinski definition) is 0. The normalized spacial score (nSPS) is 28.7. The molecule has 0 atom stereocenters. The molecule has 3 heterocycles. The van der Waals surface area contributed by atoms with Gasteiger partial charge in [-0.25, -0.2) is 8.42 Å². The van der Waals surface area contributed by atoms with Crippen molar-refractivity contribution in [3.8, 4) is 11.3 Å². The summed E-state index contributed by atoms with van der Waals surface area (Å²) in [5.41, 5.74) is 5.75. The van der Waals surface area contributed by atoms with Crippen LogP contribution in [0.2, 0.25) is 0 Å². The predicted molar refractivity (Wildman–Crippen MR) is 165 cm³/mol. The molecule has 5 saturated carbocycles. The summed E-state index contributed by atoms with van der Waals surface area (Å²) in [5.74, 6) is 1.90. The smallest absolute Gasteiger partial charge is 0.230 e. The third-order valence-electron chi connectivity index (χ3n) is 11.5. The highest BCUT2D eigenvalue weighted by Crippen LogP contribution is 2.58. The summed E-state index contributed by atoms with van der Waals surface area (Å²) in [5, 5.41) is 9.21. The van der Waals surface area contributed by atoms with Gasteiger partial charge in [-0.3, -0.25) is 9.48 Å². The van der Waals surface area contributed by atoms with Crippen molar-refractivity contribution in [2.45, 2.75) is 94.3 Å². The zero-order valence-corrected chi connectivity index (χ0v) is 25.9. The molecule has 2 bridgehead atoms. The van der Waals surface area contributed by atoms with Crippen molar-refractivity contribution in [3.05, 3.63) is 53.5 Å². The monoisotopic (exact) mass is 602 g/mol. The summed E-state index contributed by atoms with van der Waals surface area (Å²) in [7, 11) is -0.936. The summed E-state index contributed by atoms with van der Waals surface area (Å²) in [6.07, 6.45) is 12.3. The lowest BCUT2D eigenvalue weighted by Crippen LogP contribution is -2.52. The number of hydrogen-bond acceptors (Lipinski definition) is 6. The fraction of sp³-hybridized carbons (Fsp3) is 0.618. The molecule has 5 aliphatic carbocycles. The number of benzene rings is 1. The van der Waals surface area contributed by atoms with Crippen LogP contribution < -0.4 is 4.90 Å². The number of nitrogens with zero attached hydrogens (tertiary/aromatic N) is 4. The fourth-order valence-corrected chi connectivity index (χ4v) is 9.75. The minimum atomic E-state index is -3.05. The molecule has 0 unspecified atom stereocenters. The molecule has 1 amide bonds. The van der Waals surface area contributed by atoms with Crippen LogP contribution in [0.15, 0.2) is 40.9 Å². The van der Waals surface area contributed by atoms with Crippen LogP contribution in [0.5, 0.6) is 0 Å². The van der Waals surface area contributed by atoms with Crippen LogP contribution in [0.25, 0.3) is 11.3 Å². The summed E-state index contributed by atoms with van der Waals surface area (Å²) in [6.45, 7) is 0.678. The third-order valence-corrected chi connectivity index (χ3v) is 13.2. The number of carbonyl (C=O) groups is 1. The van der Waals surface area contributed by atoms with Crippen molar-refractivity contribution < 1.29 is 17.7 Å².